The lowest BCUT2D eigenvalue weighted by molar-refractivity contribution is -0.384. The van der Waals surface area contributed by atoms with Crippen molar-refractivity contribution in [2.24, 2.45) is 7.05 Å². The molecule has 1 aromatic carbocycles. The van der Waals surface area contributed by atoms with Crippen LogP contribution in [0.5, 0.6) is 0 Å². The van der Waals surface area contributed by atoms with Gasteiger partial charge in [-0.2, -0.15) is 0 Å². The molecule has 7 nitrogen and oxygen atoms in total. The lowest BCUT2D eigenvalue weighted by Crippen LogP contribution is -2.06. The van der Waals surface area contributed by atoms with Crippen LogP contribution in [0.25, 0.3) is 0 Å². The van der Waals surface area contributed by atoms with Crippen molar-refractivity contribution in [2.45, 2.75) is 13.5 Å². The molecule has 0 spiro atoms. The van der Waals surface area contributed by atoms with E-state index in [0.29, 0.717) is 12.2 Å². The quantitative estimate of drug-likeness (QED) is 0.655. The number of aromatic nitrogens is 3. The maximum atomic E-state index is 10.7. The molecule has 0 saturated heterocycles. The van der Waals surface area contributed by atoms with Gasteiger partial charge in [-0.05, 0) is 18.6 Å². The summed E-state index contributed by atoms with van der Waals surface area (Å²) >= 11 is 0. The Morgan fingerprint density at radius 3 is 2.83 bits per heavy atom. The third-order valence-electron chi connectivity index (χ3n) is 2.53. The number of benzene rings is 1. The highest BCUT2D eigenvalue weighted by Gasteiger charge is 2.08. The molecule has 0 saturated carbocycles. The highest BCUT2D eigenvalue weighted by atomic mass is 16.6. The third-order valence-corrected chi connectivity index (χ3v) is 2.53. The van der Waals surface area contributed by atoms with Gasteiger partial charge in [0, 0.05) is 24.9 Å². The van der Waals surface area contributed by atoms with E-state index < -0.39 is 4.92 Å². The van der Waals surface area contributed by atoms with Gasteiger partial charge in [-0.1, -0.05) is 0 Å². The minimum Gasteiger partial charge on any atom is -0.378 e. The summed E-state index contributed by atoms with van der Waals surface area (Å²) in [5.74, 6) is 0.763. The number of nitrogens with one attached hydrogen (secondary N) is 1. The molecule has 0 fully saturated rings. The van der Waals surface area contributed by atoms with Gasteiger partial charge in [0.2, 0.25) is 0 Å². The predicted molar refractivity (Wildman–Crippen MR) is 66.2 cm³/mol. The van der Waals surface area contributed by atoms with Gasteiger partial charge in [0.15, 0.2) is 5.82 Å². The molecule has 0 amide bonds. The van der Waals surface area contributed by atoms with E-state index in [9.17, 15) is 10.1 Å². The van der Waals surface area contributed by atoms with Crippen LogP contribution in [0, 0.1) is 17.0 Å². The first-order valence-electron chi connectivity index (χ1n) is 5.39. The number of hydrogen-bond donors (Lipinski definition) is 1. The monoisotopic (exact) mass is 247 g/mol. The zero-order chi connectivity index (χ0) is 13.1. The molecule has 1 aromatic heterocycles. The Bertz CT molecular complexity index is 579. The van der Waals surface area contributed by atoms with Crippen LogP contribution in [0.4, 0.5) is 11.4 Å². The molecule has 2 rings (SSSR count). The van der Waals surface area contributed by atoms with Gasteiger partial charge in [-0.3, -0.25) is 10.1 Å². The van der Waals surface area contributed by atoms with Crippen LogP contribution in [-0.2, 0) is 13.6 Å². The van der Waals surface area contributed by atoms with Crippen molar-refractivity contribution in [1.82, 2.24) is 14.8 Å². The van der Waals surface area contributed by atoms with Crippen molar-refractivity contribution in [3.63, 3.8) is 0 Å². The summed E-state index contributed by atoms with van der Waals surface area (Å²) in [5.41, 5.74) is 1.62. The fraction of sp³-hybridized carbons (Fsp3) is 0.273. The van der Waals surface area contributed by atoms with Gasteiger partial charge in [-0.15, -0.1) is 10.2 Å². The van der Waals surface area contributed by atoms with Gasteiger partial charge < -0.3 is 9.88 Å². The second kappa shape index (κ2) is 4.82. The molecule has 0 bridgehead atoms. The van der Waals surface area contributed by atoms with Gasteiger partial charge in [0.05, 0.1) is 11.5 Å². The summed E-state index contributed by atoms with van der Waals surface area (Å²) in [7, 11) is 1.84. The fourth-order valence-electron chi connectivity index (χ4n) is 1.62. The summed E-state index contributed by atoms with van der Waals surface area (Å²) < 4.78 is 1.79. The molecule has 0 aliphatic rings. The zero-order valence-corrected chi connectivity index (χ0v) is 10.1. The number of non-ortho nitro benzene ring substituents is 1. The zero-order valence-electron chi connectivity index (χ0n) is 10.1. The maximum absolute atomic E-state index is 10.7. The third kappa shape index (κ3) is 2.62. The van der Waals surface area contributed by atoms with Crippen LogP contribution in [0.15, 0.2) is 24.5 Å². The molecule has 0 unspecified atom stereocenters. The van der Waals surface area contributed by atoms with E-state index in [1.165, 1.54) is 12.1 Å². The maximum Gasteiger partial charge on any atom is 0.271 e. The standard InChI is InChI=1S/C11H13N5O2/c1-8-3-9(5-10(4-8)16(17)18)12-6-11-14-13-7-15(11)2/h3-5,7,12H,6H2,1-2H3. The first-order chi connectivity index (χ1) is 8.56. The van der Waals surface area contributed by atoms with Crippen molar-refractivity contribution >= 4 is 11.4 Å². The average molecular weight is 247 g/mol. The van der Waals surface area contributed by atoms with Crippen LogP contribution < -0.4 is 5.32 Å². The number of aryl methyl sites for hydroxylation is 2. The summed E-state index contributed by atoms with van der Waals surface area (Å²) in [6, 6.07) is 4.89. The molecule has 0 atom stereocenters. The number of hydrogen-bond acceptors (Lipinski definition) is 5. The minimum atomic E-state index is -0.402. The number of nitrogens with zero attached hydrogens (tertiary/aromatic N) is 4. The van der Waals surface area contributed by atoms with Gasteiger partial charge in [-0.25, -0.2) is 0 Å². The summed E-state index contributed by atoms with van der Waals surface area (Å²) in [5, 5.41) is 21.5. The van der Waals surface area contributed by atoms with Crippen molar-refractivity contribution in [3.05, 3.63) is 46.0 Å². The van der Waals surface area contributed by atoms with Crippen LogP contribution in [0.1, 0.15) is 11.4 Å². The molecule has 2 aromatic rings. The first-order valence-corrected chi connectivity index (χ1v) is 5.39. The topological polar surface area (TPSA) is 85.9 Å². The Balaban J connectivity index is 2.14. The van der Waals surface area contributed by atoms with Crippen molar-refractivity contribution in [3.8, 4) is 0 Å². The molecule has 0 aliphatic carbocycles. The Kier molecular flexibility index (Phi) is 3.22. The van der Waals surface area contributed by atoms with E-state index in [0.717, 1.165) is 11.4 Å². The number of rotatable bonds is 4. The summed E-state index contributed by atoms with van der Waals surface area (Å²) in [4.78, 5) is 10.3. The second-order valence-electron chi connectivity index (χ2n) is 4.03. The van der Waals surface area contributed by atoms with Crippen molar-refractivity contribution < 1.29 is 4.92 Å². The normalized spacial score (nSPS) is 10.3. The Hall–Kier alpha value is -2.44. The fourth-order valence-corrected chi connectivity index (χ4v) is 1.62. The summed E-state index contributed by atoms with van der Waals surface area (Å²) in [6.07, 6.45) is 1.61. The Morgan fingerprint density at radius 2 is 2.22 bits per heavy atom. The average Bonchev–Trinajstić information content (AvgIpc) is 2.71. The molecule has 94 valence electrons. The lowest BCUT2D eigenvalue weighted by atomic mass is 10.2. The molecule has 1 N–H and O–H groups in total. The molecule has 7 heteroatoms. The van der Waals surface area contributed by atoms with Crippen LogP contribution in [-0.4, -0.2) is 19.7 Å². The predicted octanol–water partition coefficient (Wildman–Crippen LogP) is 1.64. The highest BCUT2D eigenvalue weighted by molar-refractivity contribution is 5.53. The van der Waals surface area contributed by atoms with Gasteiger partial charge in [0.25, 0.3) is 5.69 Å². The largest absolute Gasteiger partial charge is 0.378 e. The van der Waals surface area contributed by atoms with Crippen LogP contribution in [0.3, 0.4) is 0 Å². The van der Waals surface area contributed by atoms with Crippen LogP contribution in [0.2, 0.25) is 0 Å². The van der Waals surface area contributed by atoms with Gasteiger partial charge >= 0.3 is 0 Å². The Labute approximate surface area is 104 Å². The SMILES string of the molecule is Cc1cc(NCc2nncn2C)cc([N+](=O)[O-])c1. The highest BCUT2D eigenvalue weighted by Crippen LogP contribution is 2.20. The van der Waals surface area contributed by atoms with E-state index in [1.54, 1.807) is 10.9 Å². The molecule has 18 heavy (non-hydrogen) atoms. The molecule has 1 heterocycles. The summed E-state index contributed by atoms with van der Waals surface area (Å²) in [6.45, 7) is 2.29. The number of nitro benzene ring substituents is 1. The molecule has 0 aliphatic heterocycles. The second-order valence-corrected chi connectivity index (χ2v) is 4.03. The minimum absolute atomic E-state index is 0.0791. The van der Waals surface area contributed by atoms with Crippen LogP contribution >= 0.6 is 0 Å². The molecular weight excluding hydrogens is 234 g/mol. The van der Waals surface area contributed by atoms with E-state index >= 15 is 0 Å². The molecule has 0 radical (unpaired) electrons. The lowest BCUT2D eigenvalue weighted by Gasteiger charge is -2.06. The number of nitro groups is 1. The van der Waals surface area contributed by atoms with Gasteiger partial charge in [0.1, 0.15) is 6.33 Å². The number of anilines is 1. The molecular formula is C11H13N5O2. The van der Waals surface area contributed by atoms with Crippen molar-refractivity contribution in [1.29, 1.82) is 0 Å². The Morgan fingerprint density at radius 1 is 1.44 bits per heavy atom. The van der Waals surface area contributed by atoms with E-state index in [4.69, 9.17) is 0 Å². The van der Waals surface area contributed by atoms with Crippen molar-refractivity contribution in [2.75, 3.05) is 5.32 Å². The first kappa shape index (κ1) is 12.0. The van der Waals surface area contributed by atoms with E-state index in [2.05, 4.69) is 15.5 Å². The smallest absolute Gasteiger partial charge is 0.271 e. The van der Waals surface area contributed by atoms with E-state index in [-0.39, 0.29) is 5.69 Å². The van der Waals surface area contributed by atoms with E-state index in [1.807, 2.05) is 20.0 Å².